The predicted octanol–water partition coefficient (Wildman–Crippen LogP) is 1.47. The number of nitrogens with one attached hydrogen (secondary N) is 1. The fraction of sp³-hybridized carbons (Fsp3) is 0.600. The maximum atomic E-state index is 11.8. The average Bonchev–Trinajstić information content (AvgIpc) is 2.70. The maximum Gasteiger partial charge on any atom is 0.409 e. The molecule has 1 atom stereocenters. The van der Waals surface area contributed by atoms with Gasteiger partial charge in [-0.2, -0.15) is 0 Å². The van der Waals surface area contributed by atoms with Crippen LogP contribution in [0.25, 0.3) is 0 Å². The zero-order chi connectivity index (χ0) is 20.4. The highest BCUT2D eigenvalue weighted by atomic mass is 16.6. The van der Waals surface area contributed by atoms with E-state index in [4.69, 9.17) is 9.47 Å². The van der Waals surface area contributed by atoms with E-state index < -0.39 is 6.10 Å². The van der Waals surface area contributed by atoms with Gasteiger partial charge in [-0.1, -0.05) is 12.1 Å². The van der Waals surface area contributed by atoms with Gasteiger partial charge in [-0.3, -0.25) is 4.99 Å². The summed E-state index contributed by atoms with van der Waals surface area (Å²) >= 11 is 0. The Kier molecular flexibility index (Phi) is 8.87. The Balaban J connectivity index is 1.83. The number of nitrogens with zero attached hydrogens (tertiary/aromatic N) is 3. The number of benzene rings is 1. The van der Waals surface area contributed by atoms with Crippen LogP contribution in [0, 0.1) is 6.92 Å². The molecule has 1 heterocycles. The van der Waals surface area contributed by atoms with Crippen molar-refractivity contribution in [3.05, 3.63) is 29.8 Å². The molecule has 1 aliphatic heterocycles. The quantitative estimate of drug-likeness (QED) is 0.540. The van der Waals surface area contributed by atoms with E-state index in [1.807, 2.05) is 38.1 Å². The summed E-state index contributed by atoms with van der Waals surface area (Å²) < 4.78 is 10.7. The third kappa shape index (κ3) is 6.92. The van der Waals surface area contributed by atoms with Gasteiger partial charge in [-0.15, -0.1) is 0 Å². The Morgan fingerprint density at radius 3 is 2.61 bits per heavy atom. The highest BCUT2D eigenvalue weighted by Crippen LogP contribution is 2.12. The van der Waals surface area contributed by atoms with Crippen LogP contribution in [0.1, 0.15) is 19.4 Å². The van der Waals surface area contributed by atoms with Crippen molar-refractivity contribution in [3.63, 3.8) is 0 Å². The molecule has 8 nitrogen and oxygen atoms in total. The largest absolute Gasteiger partial charge is 0.491 e. The number of aliphatic hydroxyl groups is 1. The van der Waals surface area contributed by atoms with E-state index in [2.05, 4.69) is 15.2 Å². The Labute approximate surface area is 167 Å². The fourth-order valence-corrected chi connectivity index (χ4v) is 2.88. The van der Waals surface area contributed by atoms with E-state index >= 15 is 0 Å². The second kappa shape index (κ2) is 11.4. The number of ether oxygens (including phenoxy) is 2. The molecule has 1 aromatic carbocycles. The Hall–Kier alpha value is -2.48. The summed E-state index contributed by atoms with van der Waals surface area (Å²) in [5.74, 6) is 1.48. The average molecular weight is 393 g/mol. The van der Waals surface area contributed by atoms with Crippen molar-refractivity contribution in [3.8, 4) is 5.75 Å². The lowest BCUT2D eigenvalue weighted by Crippen LogP contribution is -2.54. The molecule has 8 heteroatoms. The number of guanidine groups is 1. The molecule has 1 fully saturated rings. The fourth-order valence-electron chi connectivity index (χ4n) is 2.88. The van der Waals surface area contributed by atoms with E-state index in [0.717, 1.165) is 23.8 Å². The molecule has 1 aromatic rings. The molecule has 1 saturated heterocycles. The van der Waals surface area contributed by atoms with Crippen LogP contribution < -0.4 is 10.1 Å². The molecule has 0 radical (unpaired) electrons. The third-order valence-corrected chi connectivity index (χ3v) is 4.32. The zero-order valence-corrected chi connectivity index (χ0v) is 17.1. The van der Waals surface area contributed by atoms with Crippen LogP contribution in [0.4, 0.5) is 4.79 Å². The summed E-state index contributed by atoms with van der Waals surface area (Å²) in [5.41, 5.74) is 1.11. The highest BCUT2D eigenvalue weighted by Gasteiger charge is 2.23. The summed E-state index contributed by atoms with van der Waals surface area (Å²) in [4.78, 5) is 20.2. The molecule has 2 rings (SSSR count). The van der Waals surface area contributed by atoms with Gasteiger partial charge in [0.1, 0.15) is 18.5 Å². The number of aliphatic hydroxyl groups excluding tert-OH is 1. The number of aliphatic imine (C=N–C) groups is 1. The molecule has 0 bridgehead atoms. The third-order valence-electron chi connectivity index (χ3n) is 4.32. The van der Waals surface area contributed by atoms with Crippen LogP contribution >= 0.6 is 0 Å². The Morgan fingerprint density at radius 1 is 1.25 bits per heavy atom. The molecule has 0 aromatic heterocycles. The number of carbonyl (C=O) groups excluding carboxylic acids is 1. The van der Waals surface area contributed by atoms with Crippen LogP contribution in [0.3, 0.4) is 0 Å². The standard InChI is InChI=1S/C20H32N4O4/c1-4-21-19(23-9-11-24(12-10-23)20(26)27-5-2)22-14-17(25)15-28-18-8-6-7-16(3)13-18/h6-8,13,17,25H,4-5,9-12,14-15H2,1-3H3,(H,21,22). The van der Waals surface area contributed by atoms with E-state index in [-0.39, 0.29) is 19.2 Å². The normalized spacial score (nSPS) is 15.9. The molecule has 0 saturated carbocycles. The van der Waals surface area contributed by atoms with Gasteiger partial charge in [0, 0.05) is 32.7 Å². The minimum atomic E-state index is -0.699. The molecule has 0 spiro atoms. The van der Waals surface area contributed by atoms with Crippen LogP contribution in [-0.4, -0.2) is 85.5 Å². The molecule has 2 N–H and O–H groups in total. The predicted molar refractivity (Wildman–Crippen MR) is 109 cm³/mol. The summed E-state index contributed by atoms with van der Waals surface area (Å²) in [6.07, 6.45) is -0.970. The van der Waals surface area contributed by atoms with E-state index in [0.29, 0.717) is 32.8 Å². The lowest BCUT2D eigenvalue weighted by molar-refractivity contribution is 0.0911. The second-order valence-electron chi connectivity index (χ2n) is 6.65. The van der Waals surface area contributed by atoms with Gasteiger partial charge in [0.2, 0.25) is 0 Å². The smallest absolute Gasteiger partial charge is 0.409 e. The molecular weight excluding hydrogens is 360 g/mol. The maximum absolute atomic E-state index is 11.8. The van der Waals surface area contributed by atoms with Crippen molar-refractivity contribution in [2.45, 2.75) is 26.9 Å². The minimum Gasteiger partial charge on any atom is -0.491 e. The Bertz CT molecular complexity index is 645. The van der Waals surface area contributed by atoms with Crippen molar-refractivity contribution >= 4 is 12.1 Å². The van der Waals surface area contributed by atoms with Gasteiger partial charge >= 0.3 is 6.09 Å². The van der Waals surface area contributed by atoms with Gasteiger partial charge in [-0.25, -0.2) is 4.79 Å². The summed E-state index contributed by atoms with van der Waals surface area (Å²) in [5, 5.41) is 13.5. The number of aryl methyl sites for hydroxylation is 1. The first-order valence-corrected chi connectivity index (χ1v) is 9.86. The molecule has 28 heavy (non-hydrogen) atoms. The molecule has 1 aliphatic rings. The number of hydrogen-bond acceptors (Lipinski definition) is 5. The topological polar surface area (TPSA) is 86.6 Å². The SMILES string of the molecule is CCNC(=NCC(O)COc1cccc(C)c1)N1CCN(C(=O)OCC)CC1. The van der Waals surface area contributed by atoms with Gasteiger partial charge in [-0.05, 0) is 38.5 Å². The molecule has 156 valence electrons. The summed E-state index contributed by atoms with van der Waals surface area (Å²) in [6, 6.07) is 7.73. The Morgan fingerprint density at radius 2 is 1.96 bits per heavy atom. The van der Waals surface area contributed by atoms with E-state index in [1.54, 1.807) is 11.8 Å². The van der Waals surface area contributed by atoms with Crippen LogP contribution in [0.15, 0.2) is 29.3 Å². The highest BCUT2D eigenvalue weighted by molar-refractivity contribution is 5.80. The van der Waals surface area contributed by atoms with E-state index in [1.165, 1.54) is 0 Å². The summed E-state index contributed by atoms with van der Waals surface area (Å²) in [6.45, 7) is 9.84. The van der Waals surface area contributed by atoms with Crippen LogP contribution in [0.5, 0.6) is 5.75 Å². The zero-order valence-electron chi connectivity index (χ0n) is 17.1. The van der Waals surface area contributed by atoms with Crippen molar-refractivity contribution < 1.29 is 19.4 Å². The van der Waals surface area contributed by atoms with Gasteiger partial charge < -0.3 is 29.7 Å². The van der Waals surface area contributed by atoms with Crippen molar-refractivity contribution in [1.29, 1.82) is 0 Å². The van der Waals surface area contributed by atoms with Crippen molar-refractivity contribution in [2.24, 2.45) is 4.99 Å². The first kappa shape index (κ1) is 21.8. The van der Waals surface area contributed by atoms with Crippen molar-refractivity contribution in [2.75, 3.05) is 52.5 Å². The van der Waals surface area contributed by atoms with Gasteiger partial charge in [0.15, 0.2) is 5.96 Å². The molecule has 1 unspecified atom stereocenters. The number of rotatable bonds is 7. The second-order valence-corrected chi connectivity index (χ2v) is 6.65. The molecule has 0 aliphatic carbocycles. The lowest BCUT2D eigenvalue weighted by Gasteiger charge is -2.36. The number of carbonyl (C=O) groups is 1. The molecular formula is C20H32N4O4. The number of amides is 1. The first-order chi connectivity index (χ1) is 13.5. The first-order valence-electron chi connectivity index (χ1n) is 9.86. The van der Waals surface area contributed by atoms with Crippen molar-refractivity contribution in [1.82, 2.24) is 15.1 Å². The van der Waals surface area contributed by atoms with Gasteiger partial charge in [0.05, 0.1) is 13.2 Å². The van der Waals surface area contributed by atoms with Crippen LogP contribution in [-0.2, 0) is 4.74 Å². The van der Waals surface area contributed by atoms with Crippen LogP contribution in [0.2, 0.25) is 0 Å². The number of hydrogen-bond donors (Lipinski definition) is 2. The number of piperazine rings is 1. The summed E-state index contributed by atoms with van der Waals surface area (Å²) in [7, 11) is 0. The monoisotopic (exact) mass is 392 g/mol. The van der Waals surface area contributed by atoms with Gasteiger partial charge in [0.25, 0.3) is 0 Å². The van der Waals surface area contributed by atoms with E-state index in [9.17, 15) is 9.90 Å². The lowest BCUT2D eigenvalue weighted by atomic mass is 10.2. The molecule has 1 amide bonds. The minimum absolute atomic E-state index is 0.184.